The van der Waals surface area contributed by atoms with Crippen molar-refractivity contribution in [2.24, 2.45) is 11.3 Å². The van der Waals surface area contributed by atoms with Gasteiger partial charge in [-0.1, -0.05) is 27.2 Å². The fraction of sp³-hybridized carbons (Fsp3) is 1.00. The highest BCUT2D eigenvalue weighted by Crippen LogP contribution is 2.50. The van der Waals surface area contributed by atoms with Crippen molar-refractivity contribution < 1.29 is 0 Å². The fourth-order valence-electron chi connectivity index (χ4n) is 1.50. The fourth-order valence-corrected chi connectivity index (χ4v) is 1.50. The highest BCUT2D eigenvalue weighted by molar-refractivity contribution is 4.95. The van der Waals surface area contributed by atoms with Gasteiger partial charge in [0.25, 0.3) is 0 Å². The van der Waals surface area contributed by atoms with Crippen molar-refractivity contribution >= 4 is 0 Å². The quantitative estimate of drug-likeness (QED) is 0.601. The van der Waals surface area contributed by atoms with Gasteiger partial charge in [0.05, 0.1) is 0 Å². The van der Waals surface area contributed by atoms with Gasteiger partial charge in [0, 0.05) is 0 Å². The van der Waals surface area contributed by atoms with Crippen molar-refractivity contribution in [2.45, 2.75) is 40.0 Å². The molecule has 11 heavy (non-hydrogen) atoms. The summed E-state index contributed by atoms with van der Waals surface area (Å²) in [7, 11) is 0. The average Bonchev–Trinajstić information content (AvgIpc) is 2.52. The van der Waals surface area contributed by atoms with Crippen molar-refractivity contribution in [1.29, 1.82) is 0 Å². The third-order valence-corrected chi connectivity index (χ3v) is 2.82. The Morgan fingerprint density at radius 3 is 2.55 bits per heavy atom. The van der Waals surface area contributed by atoms with Gasteiger partial charge in [-0.15, -0.1) is 0 Å². The molecule has 1 rings (SSSR count). The normalized spacial score (nSPS) is 27.0. The van der Waals surface area contributed by atoms with Crippen molar-refractivity contribution in [3.8, 4) is 0 Å². The third kappa shape index (κ3) is 2.82. The molecule has 0 amide bonds. The molecule has 0 aromatic carbocycles. The van der Waals surface area contributed by atoms with Gasteiger partial charge < -0.3 is 5.32 Å². The largest absolute Gasteiger partial charge is 0.316 e. The van der Waals surface area contributed by atoms with Crippen LogP contribution in [0.3, 0.4) is 0 Å². The molecular weight excluding hydrogens is 134 g/mol. The maximum Gasteiger partial charge on any atom is -0.00152 e. The van der Waals surface area contributed by atoms with Gasteiger partial charge in [-0.25, -0.2) is 0 Å². The summed E-state index contributed by atoms with van der Waals surface area (Å²) in [5, 5.41) is 3.50. The summed E-state index contributed by atoms with van der Waals surface area (Å²) in [4.78, 5) is 0. The molecule has 0 bridgehead atoms. The first-order valence-electron chi connectivity index (χ1n) is 4.87. The summed E-state index contributed by atoms with van der Waals surface area (Å²) in [5.41, 5.74) is 0.652. The first kappa shape index (κ1) is 9.05. The van der Waals surface area contributed by atoms with Crippen molar-refractivity contribution in [2.75, 3.05) is 13.1 Å². The van der Waals surface area contributed by atoms with Crippen LogP contribution in [0.5, 0.6) is 0 Å². The molecule has 1 aliphatic carbocycles. The molecule has 0 aromatic heterocycles. The number of rotatable bonds is 5. The molecule has 1 N–H and O–H groups in total. The molecule has 0 aromatic rings. The summed E-state index contributed by atoms with van der Waals surface area (Å²) in [6, 6.07) is 0. The van der Waals surface area contributed by atoms with Crippen LogP contribution < -0.4 is 5.32 Å². The SMILES string of the molecule is CCCCNCC1CC1(C)C. The minimum Gasteiger partial charge on any atom is -0.316 e. The molecule has 0 aliphatic heterocycles. The molecule has 1 fully saturated rings. The summed E-state index contributed by atoms with van der Waals surface area (Å²) in [6.45, 7) is 9.41. The first-order chi connectivity index (χ1) is 5.17. The van der Waals surface area contributed by atoms with Crippen LogP contribution in [0.1, 0.15) is 40.0 Å². The van der Waals surface area contributed by atoms with Gasteiger partial charge >= 0.3 is 0 Å². The number of nitrogens with one attached hydrogen (secondary N) is 1. The van der Waals surface area contributed by atoms with E-state index in [2.05, 4.69) is 26.1 Å². The maximum atomic E-state index is 3.50. The van der Waals surface area contributed by atoms with Crippen LogP contribution in [0.2, 0.25) is 0 Å². The van der Waals surface area contributed by atoms with Crippen LogP contribution in [-0.2, 0) is 0 Å². The molecule has 66 valence electrons. The topological polar surface area (TPSA) is 12.0 Å². The minimum absolute atomic E-state index is 0.652. The van der Waals surface area contributed by atoms with Crippen molar-refractivity contribution in [1.82, 2.24) is 5.32 Å². The number of unbranched alkanes of at least 4 members (excludes halogenated alkanes) is 1. The highest BCUT2D eigenvalue weighted by atomic mass is 14.9. The predicted molar refractivity (Wildman–Crippen MR) is 49.7 cm³/mol. The number of hydrogen-bond acceptors (Lipinski definition) is 1. The van der Waals surface area contributed by atoms with E-state index >= 15 is 0 Å². The van der Waals surface area contributed by atoms with Crippen LogP contribution in [0.15, 0.2) is 0 Å². The minimum atomic E-state index is 0.652. The summed E-state index contributed by atoms with van der Waals surface area (Å²) >= 11 is 0. The second-order valence-corrected chi connectivity index (χ2v) is 4.45. The van der Waals surface area contributed by atoms with E-state index in [9.17, 15) is 0 Å². The Labute approximate surface area is 70.6 Å². The summed E-state index contributed by atoms with van der Waals surface area (Å²) in [5.74, 6) is 0.958. The van der Waals surface area contributed by atoms with Crippen LogP contribution in [0.4, 0.5) is 0 Å². The zero-order valence-electron chi connectivity index (χ0n) is 8.11. The Balaban J connectivity index is 1.90. The molecule has 1 saturated carbocycles. The van der Waals surface area contributed by atoms with E-state index < -0.39 is 0 Å². The Hall–Kier alpha value is -0.0400. The first-order valence-corrected chi connectivity index (χ1v) is 4.87. The summed E-state index contributed by atoms with van der Waals surface area (Å²) in [6.07, 6.45) is 4.06. The lowest BCUT2D eigenvalue weighted by molar-refractivity contribution is 0.514. The molecule has 0 heterocycles. The Morgan fingerprint density at radius 1 is 1.45 bits per heavy atom. The van der Waals surface area contributed by atoms with Crippen LogP contribution in [0, 0.1) is 11.3 Å². The lowest BCUT2D eigenvalue weighted by Gasteiger charge is -2.04. The Bertz CT molecular complexity index is 118. The molecule has 0 spiro atoms. The van der Waals surface area contributed by atoms with Crippen molar-refractivity contribution in [3.05, 3.63) is 0 Å². The molecule has 0 radical (unpaired) electrons. The monoisotopic (exact) mass is 155 g/mol. The Kier molecular flexibility index (Phi) is 2.94. The van der Waals surface area contributed by atoms with E-state index in [1.54, 1.807) is 0 Å². The van der Waals surface area contributed by atoms with E-state index in [1.807, 2.05) is 0 Å². The summed E-state index contributed by atoms with van der Waals surface area (Å²) < 4.78 is 0. The smallest absolute Gasteiger partial charge is 0.00152 e. The zero-order valence-corrected chi connectivity index (χ0v) is 8.11. The van der Waals surface area contributed by atoms with E-state index in [-0.39, 0.29) is 0 Å². The van der Waals surface area contributed by atoms with Crippen LogP contribution in [0.25, 0.3) is 0 Å². The number of hydrogen-bond donors (Lipinski definition) is 1. The van der Waals surface area contributed by atoms with Crippen LogP contribution >= 0.6 is 0 Å². The van der Waals surface area contributed by atoms with Gasteiger partial charge in [-0.2, -0.15) is 0 Å². The highest BCUT2D eigenvalue weighted by Gasteiger charge is 2.44. The lowest BCUT2D eigenvalue weighted by Crippen LogP contribution is -2.19. The average molecular weight is 155 g/mol. The molecular formula is C10H21N. The molecule has 1 atom stereocenters. The van der Waals surface area contributed by atoms with E-state index in [1.165, 1.54) is 32.4 Å². The second-order valence-electron chi connectivity index (χ2n) is 4.45. The van der Waals surface area contributed by atoms with Gasteiger partial charge in [-0.3, -0.25) is 0 Å². The maximum absolute atomic E-state index is 3.50. The predicted octanol–water partition coefficient (Wildman–Crippen LogP) is 2.42. The van der Waals surface area contributed by atoms with Crippen LogP contribution in [-0.4, -0.2) is 13.1 Å². The third-order valence-electron chi connectivity index (χ3n) is 2.82. The van der Waals surface area contributed by atoms with Crippen molar-refractivity contribution in [3.63, 3.8) is 0 Å². The van der Waals surface area contributed by atoms with Gasteiger partial charge in [0.15, 0.2) is 0 Å². The second kappa shape index (κ2) is 3.57. The lowest BCUT2D eigenvalue weighted by atomic mass is 10.1. The zero-order chi connectivity index (χ0) is 8.32. The van der Waals surface area contributed by atoms with E-state index in [0.717, 1.165) is 5.92 Å². The molecule has 1 heteroatoms. The van der Waals surface area contributed by atoms with Gasteiger partial charge in [0.2, 0.25) is 0 Å². The van der Waals surface area contributed by atoms with E-state index in [0.29, 0.717) is 5.41 Å². The molecule has 1 aliphatic rings. The molecule has 1 nitrogen and oxygen atoms in total. The van der Waals surface area contributed by atoms with E-state index in [4.69, 9.17) is 0 Å². The standard InChI is InChI=1S/C10H21N/c1-4-5-6-11-8-9-7-10(9,2)3/h9,11H,4-8H2,1-3H3. The molecule has 0 saturated heterocycles. The van der Waals surface area contributed by atoms with Gasteiger partial charge in [-0.05, 0) is 37.3 Å². The van der Waals surface area contributed by atoms with Gasteiger partial charge in [0.1, 0.15) is 0 Å². The Morgan fingerprint density at radius 2 is 2.09 bits per heavy atom. The molecule has 1 unspecified atom stereocenters.